The Morgan fingerprint density at radius 3 is 2.28 bits per heavy atom. The molecule has 7 nitrogen and oxygen atoms in total. The molecule has 11 heteroatoms. The Labute approximate surface area is 171 Å². The van der Waals surface area contributed by atoms with Crippen LogP contribution in [0.4, 0.5) is 29.3 Å². The van der Waals surface area contributed by atoms with E-state index in [0.29, 0.717) is 5.56 Å². The zero-order valence-electron chi connectivity index (χ0n) is 14.7. The third-order valence-corrected chi connectivity index (χ3v) is 3.49. The van der Waals surface area contributed by atoms with E-state index in [1.165, 1.54) is 6.07 Å². The summed E-state index contributed by atoms with van der Waals surface area (Å²) < 4.78 is 42.5. The fourth-order valence-corrected chi connectivity index (χ4v) is 2.38. The summed E-state index contributed by atoms with van der Waals surface area (Å²) in [7, 11) is 0. The van der Waals surface area contributed by atoms with E-state index in [4.69, 9.17) is 0 Å². The predicted octanol–water partition coefficient (Wildman–Crippen LogP) is 4.14. The average Bonchev–Trinajstić information content (AvgIpc) is 2.61. The van der Waals surface area contributed by atoms with Gasteiger partial charge in [-0.05, 0) is 5.56 Å². The molecule has 0 unspecified atom stereocenters. The second-order valence-corrected chi connectivity index (χ2v) is 5.84. The molecule has 0 aliphatic carbocycles. The molecule has 0 atom stereocenters. The van der Waals surface area contributed by atoms with Gasteiger partial charge in [-0.1, -0.05) is 30.3 Å². The molecule has 156 valence electrons. The first-order valence-corrected chi connectivity index (χ1v) is 8.40. The molecular weight excluding hydrogens is 436 g/mol. The Kier molecular flexibility index (Phi) is 7.49. The summed E-state index contributed by atoms with van der Waals surface area (Å²) in [6.45, 7) is 3.29. The molecule has 2 aromatic carbocycles. The van der Waals surface area contributed by atoms with Gasteiger partial charge in [-0.15, -0.1) is 0 Å². The van der Waals surface area contributed by atoms with Crippen molar-refractivity contribution in [2.45, 2.75) is 12.6 Å². The molecule has 0 aliphatic rings. The number of halogens is 3. The summed E-state index contributed by atoms with van der Waals surface area (Å²) in [5.41, 5.74) is -0.698. The van der Waals surface area contributed by atoms with Gasteiger partial charge in [-0.25, -0.2) is 0 Å². The molecule has 0 aromatic heterocycles. The third-order valence-electron chi connectivity index (χ3n) is 3.40. The van der Waals surface area contributed by atoms with Crippen molar-refractivity contribution in [2.24, 2.45) is 4.19 Å². The SMILES string of the molecule is C=C(NC(=O)Nc1cc(NC(=O)Cc2ccccc2)cc(C(F)(F)F)c1)O[N]=[Ni]. The average molecular weight is 451 g/mol. The summed E-state index contributed by atoms with van der Waals surface area (Å²) in [5, 5.41) is 6.68. The van der Waals surface area contributed by atoms with Gasteiger partial charge in [0.2, 0.25) is 0 Å². The van der Waals surface area contributed by atoms with Crippen LogP contribution in [0.5, 0.6) is 0 Å². The number of hydrogen-bond donors (Lipinski definition) is 3. The summed E-state index contributed by atoms with van der Waals surface area (Å²) in [6, 6.07) is 10.4. The first-order chi connectivity index (χ1) is 13.7. The molecule has 3 amide bonds. The molecule has 0 saturated heterocycles. The van der Waals surface area contributed by atoms with Gasteiger partial charge in [-0.3, -0.25) is 0 Å². The van der Waals surface area contributed by atoms with Gasteiger partial charge in [0.15, 0.2) is 0 Å². The zero-order chi connectivity index (χ0) is 21.4. The second kappa shape index (κ2) is 9.83. The van der Waals surface area contributed by atoms with E-state index in [-0.39, 0.29) is 23.7 Å². The van der Waals surface area contributed by atoms with Crippen LogP contribution in [0.3, 0.4) is 0 Å². The van der Waals surface area contributed by atoms with Crippen LogP contribution in [0, 0.1) is 0 Å². The van der Waals surface area contributed by atoms with Crippen LogP contribution in [0.25, 0.3) is 0 Å². The number of urea groups is 1. The van der Waals surface area contributed by atoms with Crippen molar-refractivity contribution in [3.05, 3.63) is 72.1 Å². The molecule has 2 rings (SSSR count). The van der Waals surface area contributed by atoms with E-state index in [9.17, 15) is 22.8 Å². The molecule has 0 bridgehead atoms. The van der Waals surface area contributed by atoms with Crippen molar-refractivity contribution in [3.8, 4) is 0 Å². The normalized spacial score (nSPS) is 10.7. The van der Waals surface area contributed by atoms with Crippen molar-refractivity contribution < 1.29 is 42.9 Å². The number of anilines is 2. The molecular formula is C18H15F3N4NiO3. The van der Waals surface area contributed by atoms with Crippen LogP contribution in [0.15, 0.2) is 65.2 Å². The summed E-state index contributed by atoms with van der Waals surface area (Å²) in [6.07, 6.45) is -4.72. The van der Waals surface area contributed by atoms with Crippen molar-refractivity contribution in [1.82, 2.24) is 5.32 Å². The van der Waals surface area contributed by atoms with Crippen LogP contribution < -0.4 is 16.0 Å². The Morgan fingerprint density at radius 2 is 1.69 bits per heavy atom. The van der Waals surface area contributed by atoms with Crippen LogP contribution in [-0.4, -0.2) is 11.9 Å². The van der Waals surface area contributed by atoms with Crippen molar-refractivity contribution >= 4 is 23.3 Å². The van der Waals surface area contributed by atoms with Gasteiger partial charge in [0.05, 0.1) is 0 Å². The number of benzene rings is 2. The van der Waals surface area contributed by atoms with Gasteiger partial charge in [0, 0.05) is 0 Å². The quantitative estimate of drug-likeness (QED) is 0.336. The van der Waals surface area contributed by atoms with E-state index in [1.807, 2.05) is 0 Å². The number of rotatable bonds is 7. The van der Waals surface area contributed by atoms with Gasteiger partial charge in [0.25, 0.3) is 0 Å². The Balaban J connectivity index is 2.17. The first kappa shape index (κ1) is 22.1. The molecule has 0 radical (unpaired) electrons. The number of hydrogen-bond acceptors (Lipinski definition) is 4. The standard InChI is InChI=1S/C18H15F3N4O3.Ni/c1-11(28-22)23-17(27)25-15-9-13(18(19,20)21)8-14(10-15)24-16(26)7-12-5-3-2-4-6-12;/h2-6,8-10H,1,7H2,(H,24,26)(H2,23,25,27);. The van der Waals surface area contributed by atoms with E-state index >= 15 is 0 Å². The van der Waals surface area contributed by atoms with Crippen LogP contribution in [-0.2, 0) is 37.5 Å². The maximum atomic E-state index is 13.2. The number of amides is 3. The summed E-state index contributed by atoms with van der Waals surface area (Å²) in [5.74, 6) is -0.821. The number of carbonyl (C=O) groups excluding carboxylic acids is 2. The molecule has 2 aromatic rings. The van der Waals surface area contributed by atoms with Crippen molar-refractivity contribution in [3.63, 3.8) is 0 Å². The van der Waals surface area contributed by atoms with Gasteiger partial charge in [-0.2, -0.15) is 0 Å². The molecule has 0 saturated carbocycles. The Bertz CT molecular complexity index is 920. The van der Waals surface area contributed by atoms with Crippen LogP contribution in [0.1, 0.15) is 11.1 Å². The number of nitrogens with zero attached hydrogens (tertiary/aromatic N) is 1. The van der Waals surface area contributed by atoms with E-state index < -0.39 is 23.7 Å². The van der Waals surface area contributed by atoms with Gasteiger partial charge < -0.3 is 0 Å². The number of alkyl halides is 3. The molecule has 3 N–H and O–H groups in total. The number of nitrogens with one attached hydrogen (secondary N) is 3. The molecule has 0 aliphatic heterocycles. The van der Waals surface area contributed by atoms with E-state index in [0.717, 1.165) is 12.1 Å². The monoisotopic (exact) mass is 450 g/mol. The summed E-state index contributed by atoms with van der Waals surface area (Å²) in [4.78, 5) is 28.4. The Hall–Kier alpha value is -3.20. The maximum absolute atomic E-state index is 13.2. The molecule has 0 spiro atoms. The predicted molar refractivity (Wildman–Crippen MR) is 95.0 cm³/mol. The van der Waals surface area contributed by atoms with Crippen LogP contribution >= 0.6 is 0 Å². The van der Waals surface area contributed by atoms with Gasteiger partial charge >= 0.3 is 135 Å². The van der Waals surface area contributed by atoms with Crippen molar-refractivity contribution in [2.75, 3.05) is 10.6 Å². The second-order valence-electron chi connectivity index (χ2n) is 5.66. The zero-order valence-corrected chi connectivity index (χ0v) is 15.6. The van der Waals surface area contributed by atoms with E-state index in [1.54, 1.807) is 30.3 Å². The topological polar surface area (TPSA) is 91.8 Å². The van der Waals surface area contributed by atoms with Crippen molar-refractivity contribution in [1.29, 1.82) is 0 Å². The van der Waals surface area contributed by atoms with Crippen LogP contribution in [0.2, 0.25) is 0 Å². The first-order valence-electron chi connectivity index (χ1n) is 7.96. The van der Waals surface area contributed by atoms with Gasteiger partial charge in [0.1, 0.15) is 0 Å². The fraction of sp³-hybridized carbons (Fsp3) is 0.111. The molecule has 0 heterocycles. The fourth-order valence-electron chi connectivity index (χ4n) is 2.27. The minimum atomic E-state index is -4.69. The van der Waals surface area contributed by atoms with E-state index in [2.05, 4.69) is 46.8 Å². The summed E-state index contributed by atoms with van der Waals surface area (Å²) >= 11 is 3.89. The number of carbonyl (C=O) groups is 2. The Morgan fingerprint density at radius 1 is 1.07 bits per heavy atom. The minimum absolute atomic E-state index is 0.0247. The molecule has 29 heavy (non-hydrogen) atoms. The third kappa shape index (κ3) is 7.38. The molecule has 0 fully saturated rings.